The largest absolute Gasteiger partial charge is 0.374 e. The highest BCUT2D eigenvalue weighted by Crippen LogP contribution is 2.34. The van der Waals surface area contributed by atoms with Gasteiger partial charge in [0.05, 0.1) is 11.2 Å². The zero-order chi connectivity index (χ0) is 40.6. The minimum absolute atomic E-state index is 0.0167. The van der Waals surface area contributed by atoms with Crippen molar-refractivity contribution >= 4 is 40.5 Å². The van der Waals surface area contributed by atoms with E-state index >= 15 is 0 Å². The van der Waals surface area contributed by atoms with Crippen molar-refractivity contribution in [1.29, 1.82) is 0 Å². The number of nitrogens with one attached hydrogen (secondary N) is 3. The second kappa shape index (κ2) is 16.1. The predicted octanol–water partition coefficient (Wildman–Crippen LogP) is 7.23. The van der Waals surface area contributed by atoms with Gasteiger partial charge in [-0.15, -0.1) is 0 Å². The first-order chi connectivity index (χ1) is 27.9. The molecule has 0 spiro atoms. The van der Waals surface area contributed by atoms with Crippen LogP contribution in [0.25, 0.3) is 27.9 Å². The molecule has 5 heterocycles. The maximum absolute atomic E-state index is 12.7. The predicted molar refractivity (Wildman–Crippen MR) is 221 cm³/mol. The van der Waals surface area contributed by atoms with Gasteiger partial charge in [-0.1, -0.05) is 73.9 Å². The van der Waals surface area contributed by atoms with Gasteiger partial charge in [-0.2, -0.15) is 10.1 Å². The molecule has 0 bridgehead atoms. The molecule has 0 aliphatic carbocycles. The summed E-state index contributed by atoms with van der Waals surface area (Å²) in [6.45, 7) is 10.9. The van der Waals surface area contributed by atoms with E-state index in [9.17, 15) is 14.4 Å². The first-order valence-electron chi connectivity index (χ1n) is 19.6. The van der Waals surface area contributed by atoms with Gasteiger partial charge in [0.1, 0.15) is 12.4 Å². The third-order valence-electron chi connectivity index (χ3n) is 11.1. The minimum atomic E-state index is -0.391. The molecular weight excluding hydrogens is 754 g/mol. The highest BCUT2D eigenvalue weighted by atomic mass is 35.5. The summed E-state index contributed by atoms with van der Waals surface area (Å²) in [6.07, 6.45) is 6.51. The number of aromatic nitrogens is 5. The van der Waals surface area contributed by atoms with E-state index in [0.29, 0.717) is 31.2 Å². The lowest BCUT2D eigenvalue weighted by atomic mass is 9.89. The van der Waals surface area contributed by atoms with Gasteiger partial charge in [-0.3, -0.25) is 24.6 Å². The number of piperidine rings is 2. The van der Waals surface area contributed by atoms with E-state index < -0.39 is 5.91 Å². The molecule has 3 N–H and O–H groups in total. The molecule has 8 rings (SSSR count). The van der Waals surface area contributed by atoms with Crippen LogP contribution in [0.4, 0.5) is 5.69 Å². The third-order valence-corrected chi connectivity index (χ3v) is 11.4. The third kappa shape index (κ3) is 8.51. The SMILES string of the molecule is Cc1cc(-c2ncnn3cc(-c4ccc(CN5CCC(c6ccc(NC7CCC(=O)NC7=O)cc6)CC5)c(Cl)c4)cc23)ccc1CNC(=O)c1noc(C(C)(C)C)n1. The van der Waals surface area contributed by atoms with Crippen LogP contribution in [0.2, 0.25) is 5.02 Å². The zero-order valence-corrected chi connectivity index (χ0v) is 33.8. The lowest BCUT2D eigenvalue weighted by Gasteiger charge is -2.32. The molecule has 6 aromatic rings. The van der Waals surface area contributed by atoms with E-state index in [2.05, 4.69) is 77.5 Å². The fraction of sp³-hybridized carbons (Fsp3) is 0.341. The number of benzene rings is 3. The summed E-state index contributed by atoms with van der Waals surface area (Å²) < 4.78 is 7.11. The van der Waals surface area contributed by atoms with E-state index in [4.69, 9.17) is 16.1 Å². The van der Waals surface area contributed by atoms with Gasteiger partial charge in [-0.05, 0) is 103 Å². The molecule has 13 nitrogen and oxygen atoms in total. The molecule has 0 saturated carbocycles. The Labute approximate surface area is 341 Å². The number of amides is 3. The molecule has 2 aliphatic heterocycles. The number of hydrogen-bond donors (Lipinski definition) is 3. The van der Waals surface area contributed by atoms with Crippen LogP contribution in [0.3, 0.4) is 0 Å². The quantitative estimate of drug-likeness (QED) is 0.121. The second-order valence-corrected chi connectivity index (χ2v) is 16.7. The summed E-state index contributed by atoms with van der Waals surface area (Å²) in [5.41, 5.74) is 9.49. The summed E-state index contributed by atoms with van der Waals surface area (Å²) in [4.78, 5) is 47.7. The monoisotopic (exact) mass is 799 g/mol. The van der Waals surface area contributed by atoms with Gasteiger partial charge in [-0.25, -0.2) is 9.50 Å². The maximum Gasteiger partial charge on any atom is 0.292 e. The minimum Gasteiger partial charge on any atom is -0.374 e. The number of nitrogens with zero attached hydrogens (tertiary/aromatic N) is 6. The molecule has 3 aromatic carbocycles. The van der Waals surface area contributed by atoms with E-state index in [1.807, 2.05) is 68.7 Å². The van der Waals surface area contributed by atoms with Crippen molar-refractivity contribution in [3.8, 4) is 22.4 Å². The van der Waals surface area contributed by atoms with Crippen LogP contribution >= 0.6 is 11.6 Å². The van der Waals surface area contributed by atoms with Crippen molar-refractivity contribution < 1.29 is 18.9 Å². The molecule has 298 valence electrons. The lowest BCUT2D eigenvalue weighted by molar-refractivity contribution is -0.133. The second-order valence-electron chi connectivity index (χ2n) is 16.3. The van der Waals surface area contributed by atoms with Gasteiger partial charge in [0.2, 0.25) is 17.7 Å². The Morgan fingerprint density at radius 3 is 2.41 bits per heavy atom. The number of aryl methyl sites for hydroxylation is 1. The first-order valence-corrected chi connectivity index (χ1v) is 20.0. The van der Waals surface area contributed by atoms with Gasteiger partial charge in [0.25, 0.3) is 11.7 Å². The molecule has 58 heavy (non-hydrogen) atoms. The molecule has 2 saturated heterocycles. The maximum atomic E-state index is 12.7. The molecule has 3 amide bonds. The number of anilines is 1. The van der Waals surface area contributed by atoms with Crippen molar-refractivity contribution in [3.63, 3.8) is 0 Å². The van der Waals surface area contributed by atoms with Crippen molar-refractivity contribution in [2.24, 2.45) is 0 Å². The number of likely N-dealkylation sites (tertiary alicyclic amines) is 1. The summed E-state index contributed by atoms with van der Waals surface area (Å²) in [5.74, 6) is 0.0317. The molecule has 1 atom stereocenters. The van der Waals surface area contributed by atoms with Crippen molar-refractivity contribution in [2.45, 2.75) is 83.8 Å². The Morgan fingerprint density at radius 2 is 1.71 bits per heavy atom. The highest BCUT2D eigenvalue weighted by molar-refractivity contribution is 6.31. The number of halogens is 1. The number of hydrogen-bond acceptors (Lipinski definition) is 10. The number of fused-ring (bicyclic) bond motifs is 1. The lowest BCUT2D eigenvalue weighted by Crippen LogP contribution is -2.47. The summed E-state index contributed by atoms with van der Waals surface area (Å²) in [6, 6.07) is 22.4. The number of carbonyl (C=O) groups is 3. The Kier molecular flexibility index (Phi) is 10.8. The van der Waals surface area contributed by atoms with Crippen molar-refractivity contribution in [2.75, 3.05) is 18.4 Å². The van der Waals surface area contributed by atoms with Gasteiger partial charge in [0.15, 0.2) is 0 Å². The van der Waals surface area contributed by atoms with Crippen LogP contribution < -0.4 is 16.0 Å². The molecule has 14 heteroatoms. The van der Waals surface area contributed by atoms with Crippen LogP contribution in [0.15, 0.2) is 83.8 Å². The molecule has 2 aliphatic rings. The van der Waals surface area contributed by atoms with Gasteiger partial charge in [0, 0.05) is 53.0 Å². The standard InChI is InChI=1S/C44H46ClN9O4/c1-26-19-30(6-7-31(26)22-46-42(57)40-51-43(58-52-40)44(2,3)4)39-37-21-33(24-54(37)48-25-47-39)29-5-8-32(35(45)20-29)23-53-17-15-28(16-18-53)27-9-11-34(12-10-27)49-36-13-14-38(55)50-41(36)56/h5-12,19-21,24-25,28,36,49H,13-18,22-23H2,1-4H3,(H,46,57)(H,50,55,56). The van der Waals surface area contributed by atoms with Crippen LogP contribution in [-0.4, -0.2) is 66.5 Å². The van der Waals surface area contributed by atoms with E-state index in [1.165, 1.54) is 5.56 Å². The Morgan fingerprint density at radius 1 is 0.948 bits per heavy atom. The Balaban J connectivity index is 0.876. The Hall–Kier alpha value is -5.92. The summed E-state index contributed by atoms with van der Waals surface area (Å²) >= 11 is 6.93. The van der Waals surface area contributed by atoms with Crippen molar-refractivity contribution in [1.82, 2.24) is 40.3 Å². The molecular formula is C44H46ClN9O4. The van der Waals surface area contributed by atoms with Crippen LogP contribution in [0.5, 0.6) is 0 Å². The van der Waals surface area contributed by atoms with Gasteiger partial charge < -0.3 is 15.2 Å². The fourth-order valence-electron chi connectivity index (χ4n) is 7.63. The van der Waals surface area contributed by atoms with Crippen LogP contribution in [-0.2, 0) is 28.1 Å². The average Bonchev–Trinajstić information content (AvgIpc) is 3.89. The van der Waals surface area contributed by atoms with E-state index in [-0.39, 0.29) is 29.1 Å². The highest BCUT2D eigenvalue weighted by Gasteiger charge is 2.27. The molecule has 1 unspecified atom stereocenters. The normalized spacial score (nSPS) is 16.7. The van der Waals surface area contributed by atoms with Crippen molar-refractivity contribution in [3.05, 3.63) is 118 Å². The topological polar surface area (TPSA) is 160 Å². The number of rotatable bonds is 10. The molecule has 2 fully saturated rings. The van der Waals surface area contributed by atoms with Crippen LogP contribution in [0, 0.1) is 6.92 Å². The summed E-state index contributed by atoms with van der Waals surface area (Å²) in [7, 11) is 0. The fourth-order valence-corrected chi connectivity index (χ4v) is 7.87. The van der Waals surface area contributed by atoms with E-state index in [0.717, 1.165) is 87.8 Å². The molecule has 3 aromatic heterocycles. The van der Waals surface area contributed by atoms with Crippen LogP contribution in [0.1, 0.15) is 91.1 Å². The first kappa shape index (κ1) is 38.9. The van der Waals surface area contributed by atoms with Gasteiger partial charge >= 0.3 is 0 Å². The number of carbonyl (C=O) groups excluding carboxylic acids is 3. The molecule has 0 radical (unpaired) electrons. The van der Waals surface area contributed by atoms with E-state index in [1.54, 1.807) is 6.33 Å². The smallest absolute Gasteiger partial charge is 0.292 e. The number of imide groups is 1. The Bertz CT molecular complexity index is 2500. The zero-order valence-electron chi connectivity index (χ0n) is 33.0. The average molecular weight is 800 g/mol. The summed E-state index contributed by atoms with van der Waals surface area (Å²) in [5, 5.41) is 17.6.